The number of hydrogen-bond acceptors (Lipinski definition) is 5. The molecule has 0 amide bonds. The van der Waals surface area contributed by atoms with Gasteiger partial charge in [0.05, 0.1) is 10.7 Å². The van der Waals surface area contributed by atoms with Crippen LogP contribution in [0, 0.1) is 0 Å². The first-order valence-corrected chi connectivity index (χ1v) is 7.48. The highest BCUT2D eigenvalue weighted by Gasteiger charge is 2.29. The first-order valence-electron chi connectivity index (χ1n) is 7.10. The summed E-state index contributed by atoms with van der Waals surface area (Å²) in [5.74, 6) is 0.503. The molecule has 0 aliphatic carbocycles. The first-order chi connectivity index (χ1) is 11.2. The Bertz CT molecular complexity index is 800. The fourth-order valence-corrected chi connectivity index (χ4v) is 2.63. The van der Waals surface area contributed by atoms with Crippen LogP contribution in [0.4, 0.5) is 11.4 Å². The summed E-state index contributed by atoms with van der Waals surface area (Å²) in [6.45, 7) is 1.93. The second kappa shape index (κ2) is 6.65. The molecule has 0 spiro atoms. The maximum Gasteiger partial charge on any atom is 0.240 e. The zero-order chi connectivity index (χ0) is 16.2. The number of nitrogens with zero attached hydrogens (tertiary/aromatic N) is 3. The molecule has 0 N–H and O–H groups in total. The first kappa shape index (κ1) is 15.3. The van der Waals surface area contributed by atoms with Crippen molar-refractivity contribution in [2.45, 2.75) is 19.6 Å². The van der Waals surface area contributed by atoms with Crippen molar-refractivity contribution < 1.29 is 9.53 Å². The summed E-state index contributed by atoms with van der Waals surface area (Å²) < 4.78 is 6.03. The number of hydrogen-bond donors (Lipinski definition) is 0. The van der Waals surface area contributed by atoms with Crippen LogP contribution in [0.15, 0.2) is 58.6 Å². The molecule has 5 nitrogen and oxygen atoms in total. The fourth-order valence-electron chi connectivity index (χ4n) is 2.41. The lowest BCUT2D eigenvalue weighted by molar-refractivity contribution is 0.214. The zero-order valence-corrected chi connectivity index (χ0v) is 13.2. The van der Waals surface area contributed by atoms with Crippen LogP contribution in [0.5, 0.6) is 5.75 Å². The van der Waals surface area contributed by atoms with Gasteiger partial charge < -0.3 is 4.74 Å². The highest BCUT2D eigenvalue weighted by Crippen LogP contribution is 2.34. The van der Waals surface area contributed by atoms with Gasteiger partial charge in [-0.15, -0.1) is 0 Å². The molecule has 3 rings (SSSR count). The second-order valence-electron chi connectivity index (χ2n) is 5.08. The van der Waals surface area contributed by atoms with Crippen molar-refractivity contribution in [2.24, 2.45) is 10.1 Å². The number of hydrazone groups is 1. The highest BCUT2D eigenvalue weighted by atomic mass is 35.5. The molecule has 0 saturated heterocycles. The van der Waals surface area contributed by atoms with Crippen LogP contribution in [0.3, 0.4) is 0 Å². The molecule has 1 aliphatic rings. The predicted octanol–water partition coefficient (Wildman–Crippen LogP) is 4.30. The maximum absolute atomic E-state index is 10.5. The van der Waals surface area contributed by atoms with E-state index < -0.39 is 0 Å². The molecular weight excluding hydrogens is 314 g/mol. The van der Waals surface area contributed by atoms with Crippen molar-refractivity contribution in [2.75, 3.05) is 5.01 Å². The molecule has 0 radical (unpaired) electrons. The molecule has 23 heavy (non-hydrogen) atoms. The molecule has 1 unspecified atom stereocenters. The number of halogens is 1. The van der Waals surface area contributed by atoms with E-state index in [0.29, 0.717) is 22.9 Å². The predicted molar refractivity (Wildman–Crippen MR) is 90.3 cm³/mol. The molecule has 1 aliphatic heterocycles. The Morgan fingerprint density at radius 1 is 1.26 bits per heavy atom. The number of para-hydroxylation sites is 3. The smallest absolute Gasteiger partial charge is 0.240 e. The van der Waals surface area contributed by atoms with Crippen molar-refractivity contribution in [3.05, 3.63) is 53.6 Å². The third-order valence-corrected chi connectivity index (χ3v) is 3.73. The number of carbonyl (C=O) groups excluding carboxylic acids is 1. The lowest BCUT2D eigenvalue weighted by Crippen LogP contribution is -2.32. The average Bonchev–Trinajstić information content (AvgIpc) is 2.90. The summed E-state index contributed by atoms with van der Waals surface area (Å²) in [7, 11) is 0. The van der Waals surface area contributed by atoms with E-state index in [-0.39, 0.29) is 6.23 Å². The summed E-state index contributed by atoms with van der Waals surface area (Å²) in [5.41, 5.74) is 2.14. The molecule has 0 aromatic heterocycles. The van der Waals surface area contributed by atoms with Crippen molar-refractivity contribution in [3.63, 3.8) is 0 Å². The molecule has 1 heterocycles. The quantitative estimate of drug-likeness (QED) is 0.621. The summed E-state index contributed by atoms with van der Waals surface area (Å²) in [5, 5.41) is 6.85. The standard InChI is InChI=1S/C17H14ClN3O2/c1-12-10-17(21(20-12)15-8-4-2-6-13(15)18)23-16-9-5-3-7-14(16)19-11-22/h2-9,17H,10H2,1H3. The second-order valence-corrected chi connectivity index (χ2v) is 5.49. The number of ether oxygens (including phenoxy) is 1. The monoisotopic (exact) mass is 327 g/mol. The minimum Gasteiger partial charge on any atom is -0.466 e. The number of benzene rings is 2. The van der Waals surface area contributed by atoms with Gasteiger partial charge in [0.1, 0.15) is 11.4 Å². The lowest BCUT2D eigenvalue weighted by Gasteiger charge is -2.25. The van der Waals surface area contributed by atoms with Gasteiger partial charge in [-0.25, -0.2) is 9.80 Å². The van der Waals surface area contributed by atoms with Gasteiger partial charge in [-0.3, -0.25) is 0 Å². The summed E-state index contributed by atoms with van der Waals surface area (Å²) in [6.07, 6.45) is 1.82. The lowest BCUT2D eigenvalue weighted by atomic mass is 10.2. The third-order valence-electron chi connectivity index (χ3n) is 3.41. The Hall–Kier alpha value is -2.62. The highest BCUT2D eigenvalue weighted by molar-refractivity contribution is 6.33. The molecular formula is C17H14ClN3O2. The average molecular weight is 328 g/mol. The van der Waals surface area contributed by atoms with Crippen molar-refractivity contribution >= 4 is 34.8 Å². The Morgan fingerprint density at radius 3 is 2.78 bits per heavy atom. The molecule has 116 valence electrons. The van der Waals surface area contributed by atoms with E-state index >= 15 is 0 Å². The summed E-state index contributed by atoms with van der Waals surface area (Å²) >= 11 is 6.26. The van der Waals surface area contributed by atoms with E-state index in [1.54, 1.807) is 29.3 Å². The number of anilines is 1. The van der Waals surface area contributed by atoms with Gasteiger partial charge in [-0.2, -0.15) is 10.1 Å². The molecule has 0 saturated carbocycles. The van der Waals surface area contributed by atoms with E-state index in [1.807, 2.05) is 37.3 Å². The van der Waals surface area contributed by atoms with Crippen LogP contribution in [0.1, 0.15) is 13.3 Å². The van der Waals surface area contributed by atoms with E-state index in [9.17, 15) is 4.79 Å². The van der Waals surface area contributed by atoms with Gasteiger partial charge in [0, 0.05) is 12.1 Å². The molecule has 2 aromatic rings. The summed E-state index contributed by atoms with van der Waals surface area (Å²) in [6, 6.07) is 14.5. The largest absolute Gasteiger partial charge is 0.466 e. The van der Waals surface area contributed by atoms with Gasteiger partial charge in [0.25, 0.3) is 0 Å². The Morgan fingerprint density at radius 2 is 2.00 bits per heavy atom. The van der Waals surface area contributed by atoms with Gasteiger partial charge >= 0.3 is 0 Å². The van der Waals surface area contributed by atoms with E-state index in [0.717, 1.165) is 11.4 Å². The minimum absolute atomic E-state index is 0.349. The molecule has 1 atom stereocenters. The van der Waals surface area contributed by atoms with Crippen LogP contribution in [0.2, 0.25) is 5.02 Å². The van der Waals surface area contributed by atoms with E-state index in [4.69, 9.17) is 16.3 Å². The number of rotatable bonds is 4. The van der Waals surface area contributed by atoms with Gasteiger partial charge in [0.2, 0.25) is 6.08 Å². The third kappa shape index (κ3) is 3.26. The normalized spacial score (nSPS) is 16.7. The summed E-state index contributed by atoms with van der Waals surface area (Å²) in [4.78, 5) is 14.2. The Kier molecular flexibility index (Phi) is 4.42. The van der Waals surface area contributed by atoms with Crippen molar-refractivity contribution in [1.82, 2.24) is 0 Å². The van der Waals surface area contributed by atoms with Crippen LogP contribution >= 0.6 is 11.6 Å². The van der Waals surface area contributed by atoms with Gasteiger partial charge in [-0.05, 0) is 31.2 Å². The van der Waals surface area contributed by atoms with Gasteiger partial charge in [-0.1, -0.05) is 35.9 Å². The van der Waals surface area contributed by atoms with Crippen LogP contribution < -0.4 is 9.75 Å². The van der Waals surface area contributed by atoms with Crippen molar-refractivity contribution in [3.8, 4) is 5.75 Å². The van der Waals surface area contributed by atoms with Crippen LogP contribution in [-0.2, 0) is 4.79 Å². The molecule has 2 aromatic carbocycles. The Balaban J connectivity index is 1.91. The number of aliphatic imine (C=N–C) groups is 1. The molecule has 0 fully saturated rings. The Labute approximate surface area is 138 Å². The topological polar surface area (TPSA) is 54.3 Å². The van der Waals surface area contributed by atoms with Gasteiger partial charge in [0.15, 0.2) is 6.23 Å². The number of isocyanates is 1. The van der Waals surface area contributed by atoms with Crippen LogP contribution in [0.25, 0.3) is 0 Å². The van der Waals surface area contributed by atoms with Crippen molar-refractivity contribution in [1.29, 1.82) is 0 Å². The maximum atomic E-state index is 10.5. The SMILES string of the molecule is CC1=NN(c2ccccc2Cl)C(Oc2ccccc2N=C=O)C1. The zero-order valence-electron chi connectivity index (χ0n) is 12.4. The van der Waals surface area contributed by atoms with E-state index in [1.165, 1.54) is 0 Å². The van der Waals surface area contributed by atoms with Crippen LogP contribution in [-0.4, -0.2) is 18.0 Å². The van der Waals surface area contributed by atoms with E-state index in [2.05, 4.69) is 10.1 Å². The molecule has 6 heteroatoms. The minimum atomic E-state index is -0.349. The molecule has 0 bridgehead atoms. The fraction of sp³-hybridized carbons (Fsp3) is 0.176.